The van der Waals surface area contributed by atoms with Gasteiger partial charge in [0.05, 0.1) is 12.7 Å². The van der Waals surface area contributed by atoms with Crippen molar-refractivity contribution in [2.45, 2.75) is 59.0 Å². The van der Waals surface area contributed by atoms with Gasteiger partial charge in [-0.3, -0.25) is 4.79 Å². The summed E-state index contributed by atoms with van der Waals surface area (Å²) in [6.45, 7) is 10.1. The van der Waals surface area contributed by atoms with Crippen molar-refractivity contribution < 1.29 is 19.4 Å². The molecule has 5 heteroatoms. The van der Waals surface area contributed by atoms with Crippen LogP contribution in [0.15, 0.2) is 0 Å². The van der Waals surface area contributed by atoms with Gasteiger partial charge < -0.3 is 19.9 Å². The molecule has 0 aliphatic carbocycles. The van der Waals surface area contributed by atoms with Crippen LogP contribution in [0.1, 0.15) is 41.0 Å². The van der Waals surface area contributed by atoms with E-state index in [1.54, 1.807) is 20.8 Å². The predicted molar refractivity (Wildman–Crippen MR) is 68.0 cm³/mol. The average molecular weight is 259 g/mol. The third-order valence-electron chi connectivity index (χ3n) is 3.00. The maximum atomic E-state index is 12.1. The molecular weight excluding hydrogens is 234 g/mol. The van der Waals surface area contributed by atoms with Crippen LogP contribution < -0.4 is 5.32 Å². The van der Waals surface area contributed by atoms with Crippen molar-refractivity contribution in [3.63, 3.8) is 0 Å². The van der Waals surface area contributed by atoms with Crippen LogP contribution in [-0.2, 0) is 14.3 Å². The molecule has 106 valence electrons. The van der Waals surface area contributed by atoms with Crippen LogP contribution in [0.2, 0.25) is 0 Å². The maximum absolute atomic E-state index is 12.1. The van der Waals surface area contributed by atoms with E-state index in [4.69, 9.17) is 14.6 Å². The summed E-state index contributed by atoms with van der Waals surface area (Å²) in [7, 11) is 0. The Bertz CT molecular complexity index is 299. The van der Waals surface area contributed by atoms with Crippen molar-refractivity contribution in [3.8, 4) is 0 Å². The normalized spacial score (nSPS) is 27.6. The van der Waals surface area contributed by atoms with E-state index in [9.17, 15) is 4.79 Å². The largest absolute Gasteiger partial charge is 0.393 e. The van der Waals surface area contributed by atoms with Gasteiger partial charge in [-0.1, -0.05) is 13.8 Å². The van der Waals surface area contributed by atoms with Crippen LogP contribution in [0.4, 0.5) is 0 Å². The Labute approximate surface area is 109 Å². The van der Waals surface area contributed by atoms with E-state index in [0.717, 1.165) is 0 Å². The topological polar surface area (TPSA) is 67.8 Å². The van der Waals surface area contributed by atoms with E-state index in [1.807, 2.05) is 13.8 Å². The molecule has 0 radical (unpaired) electrons. The van der Waals surface area contributed by atoms with Gasteiger partial charge >= 0.3 is 0 Å². The first kappa shape index (κ1) is 15.4. The first-order chi connectivity index (χ1) is 8.14. The zero-order valence-corrected chi connectivity index (χ0v) is 11.9. The van der Waals surface area contributed by atoms with Crippen LogP contribution in [0, 0.1) is 5.41 Å². The molecule has 0 aromatic rings. The molecule has 1 fully saturated rings. The molecule has 18 heavy (non-hydrogen) atoms. The number of hydrogen-bond acceptors (Lipinski definition) is 4. The third kappa shape index (κ3) is 4.23. The first-order valence-electron chi connectivity index (χ1n) is 6.42. The molecule has 1 saturated heterocycles. The Morgan fingerprint density at radius 1 is 1.44 bits per heavy atom. The lowest BCUT2D eigenvalue weighted by molar-refractivity contribution is -0.304. The summed E-state index contributed by atoms with van der Waals surface area (Å²) < 4.78 is 11.3. The Balaban J connectivity index is 2.58. The lowest BCUT2D eigenvalue weighted by Gasteiger charge is -2.44. The maximum Gasteiger partial charge on any atom is 0.249 e. The molecule has 0 bridgehead atoms. The molecule has 0 saturated carbocycles. The zero-order chi connectivity index (χ0) is 14.0. The number of nitrogens with one attached hydrogen (secondary N) is 1. The average Bonchev–Trinajstić information content (AvgIpc) is 2.21. The molecule has 1 unspecified atom stereocenters. The SMILES string of the molecule is CC(O)CCNC(=O)[C@@H]1OC(C)(C)OCC1(C)C. The van der Waals surface area contributed by atoms with Crippen molar-refractivity contribution in [2.75, 3.05) is 13.2 Å². The Morgan fingerprint density at radius 3 is 2.61 bits per heavy atom. The van der Waals surface area contributed by atoms with Crippen molar-refractivity contribution in [1.29, 1.82) is 0 Å². The number of hydrogen-bond donors (Lipinski definition) is 2. The summed E-state index contributed by atoms with van der Waals surface area (Å²) in [4.78, 5) is 12.1. The van der Waals surface area contributed by atoms with E-state index in [2.05, 4.69) is 5.32 Å². The molecule has 1 aliphatic heterocycles. The predicted octanol–water partition coefficient (Wildman–Crippen LogP) is 1.05. The molecule has 5 nitrogen and oxygen atoms in total. The molecule has 1 heterocycles. The first-order valence-corrected chi connectivity index (χ1v) is 6.42. The number of amides is 1. The monoisotopic (exact) mass is 259 g/mol. The molecule has 1 rings (SSSR count). The van der Waals surface area contributed by atoms with Crippen molar-refractivity contribution in [2.24, 2.45) is 5.41 Å². The zero-order valence-electron chi connectivity index (χ0n) is 11.9. The lowest BCUT2D eigenvalue weighted by Crippen LogP contribution is -2.56. The Kier molecular flexibility index (Phi) is 4.75. The molecule has 1 aliphatic rings. The molecule has 2 atom stereocenters. The lowest BCUT2D eigenvalue weighted by atomic mass is 9.85. The minimum absolute atomic E-state index is 0.142. The second-order valence-corrected chi connectivity index (χ2v) is 6.10. The van der Waals surface area contributed by atoms with E-state index in [-0.39, 0.29) is 11.3 Å². The van der Waals surface area contributed by atoms with Gasteiger partial charge in [-0.2, -0.15) is 0 Å². The highest BCUT2D eigenvalue weighted by atomic mass is 16.7. The summed E-state index contributed by atoms with van der Waals surface area (Å²) in [5.41, 5.74) is -0.357. The fraction of sp³-hybridized carbons (Fsp3) is 0.923. The minimum Gasteiger partial charge on any atom is -0.393 e. The number of carbonyl (C=O) groups is 1. The minimum atomic E-state index is -0.734. The number of aliphatic hydroxyl groups is 1. The summed E-state index contributed by atoms with van der Waals surface area (Å²) in [6.07, 6.45) is -0.403. The van der Waals surface area contributed by atoms with Crippen LogP contribution in [0.3, 0.4) is 0 Å². The van der Waals surface area contributed by atoms with E-state index in [0.29, 0.717) is 19.6 Å². The summed E-state index contributed by atoms with van der Waals surface area (Å²) in [6, 6.07) is 0. The summed E-state index contributed by atoms with van der Waals surface area (Å²) in [5, 5.41) is 12.0. The van der Waals surface area contributed by atoms with Crippen molar-refractivity contribution in [1.82, 2.24) is 5.32 Å². The van der Waals surface area contributed by atoms with Crippen LogP contribution in [0.5, 0.6) is 0 Å². The van der Waals surface area contributed by atoms with Crippen LogP contribution in [0.25, 0.3) is 0 Å². The Morgan fingerprint density at radius 2 is 2.06 bits per heavy atom. The smallest absolute Gasteiger partial charge is 0.249 e. The van der Waals surface area contributed by atoms with Gasteiger partial charge in [0.15, 0.2) is 5.79 Å². The second-order valence-electron chi connectivity index (χ2n) is 6.10. The molecule has 0 spiro atoms. The number of aliphatic hydroxyl groups excluding tert-OH is 1. The third-order valence-corrected chi connectivity index (χ3v) is 3.00. The van der Waals surface area contributed by atoms with Gasteiger partial charge in [-0.15, -0.1) is 0 Å². The van der Waals surface area contributed by atoms with Crippen molar-refractivity contribution >= 4 is 5.91 Å². The summed E-state index contributed by atoms with van der Waals surface area (Å²) >= 11 is 0. The van der Waals surface area contributed by atoms with Gasteiger partial charge in [0.1, 0.15) is 6.10 Å². The fourth-order valence-corrected chi connectivity index (χ4v) is 1.82. The van der Waals surface area contributed by atoms with Gasteiger partial charge in [-0.05, 0) is 27.2 Å². The fourth-order valence-electron chi connectivity index (χ4n) is 1.82. The van der Waals surface area contributed by atoms with Gasteiger partial charge in [0.2, 0.25) is 5.91 Å². The van der Waals surface area contributed by atoms with Gasteiger partial charge in [0.25, 0.3) is 0 Å². The molecule has 0 aromatic heterocycles. The highest BCUT2D eigenvalue weighted by Gasteiger charge is 2.45. The van der Waals surface area contributed by atoms with Crippen molar-refractivity contribution in [3.05, 3.63) is 0 Å². The number of carbonyl (C=O) groups excluding carboxylic acids is 1. The van der Waals surface area contributed by atoms with E-state index >= 15 is 0 Å². The highest BCUT2D eigenvalue weighted by molar-refractivity contribution is 5.81. The highest BCUT2D eigenvalue weighted by Crippen LogP contribution is 2.34. The van der Waals surface area contributed by atoms with Crippen LogP contribution in [-0.4, -0.2) is 42.2 Å². The Hall–Kier alpha value is -0.650. The number of rotatable bonds is 4. The number of ether oxygens (including phenoxy) is 2. The quantitative estimate of drug-likeness (QED) is 0.792. The van der Waals surface area contributed by atoms with Gasteiger partial charge in [-0.25, -0.2) is 0 Å². The van der Waals surface area contributed by atoms with E-state index in [1.165, 1.54) is 0 Å². The molecule has 1 amide bonds. The van der Waals surface area contributed by atoms with Gasteiger partial charge in [0, 0.05) is 12.0 Å². The molecule has 0 aromatic carbocycles. The summed E-state index contributed by atoms with van der Waals surface area (Å²) in [5.74, 6) is -0.876. The second kappa shape index (κ2) is 5.55. The standard InChI is InChI=1S/C13H25NO4/c1-9(15)6-7-14-11(16)10-12(2,3)8-17-13(4,5)18-10/h9-10,15H,6-8H2,1-5H3,(H,14,16)/t9?,10-/m0/s1. The molecular formula is C13H25NO4. The van der Waals surface area contributed by atoms with E-state index < -0.39 is 18.0 Å². The molecule has 2 N–H and O–H groups in total. The van der Waals surface area contributed by atoms with Crippen LogP contribution >= 0.6 is 0 Å².